The van der Waals surface area contributed by atoms with Crippen molar-refractivity contribution in [3.05, 3.63) is 65.2 Å². The first-order valence-corrected chi connectivity index (χ1v) is 6.37. The molecule has 0 heterocycles. The SMILES string of the molecule is N#CC1(Nc2cccc(F)c2)CCc2cc(F)ccc21. The Morgan fingerprint density at radius 1 is 1.10 bits per heavy atom. The molecule has 1 aliphatic carbocycles. The molecule has 3 rings (SSSR count). The fraction of sp³-hybridized carbons (Fsp3) is 0.188. The van der Waals surface area contributed by atoms with Crippen LogP contribution in [-0.2, 0) is 12.0 Å². The largest absolute Gasteiger partial charge is 0.364 e. The van der Waals surface area contributed by atoms with Gasteiger partial charge in [0.05, 0.1) is 6.07 Å². The van der Waals surface area contributed by atoms with Crippen LogP contribution in [0.4, 0.5) is 14.5 Å². The van der Waals surface area contributed by atoms with Crippen LogP contribution < -0.4 is 5.32 Å². The zero-order valence-electron chi connectivity index (χ0n) is 10.7. The molecule has 2 aromatic rings. The first-order chi connectivity index (χ1) is 9.63. The lowest BCUT2D eigenvalue weighted by molar-refractivity contribution is 0.611. The molecule has 0 fully saturated rings. The minimum atomic E-state index is -0.920. The summed E-state index contributed by atoms with van der Waals surface area (Å²) in [6.45, 7) is 0. The maximum absolute atomic E-state index is 13.2. The summed E-state index contributed by atoms with van der Waals surface area (Å²) in [7, 11) is 0. The third-order valence-electron chi connectivity index (χ3n) is 3.67. The number of halogens is 2. The van der Waals surface area contributed by atoms with Crippen molar-refractivity contribution in [2.24, 2.45) is 0 Å². The molecule has 4 heteroatoms. The molecule has 0 amide bonds. The summed E-state index contributed by atoms with van der Waals surface area (Å²) in [5, 5.41) is 12.7. The molecule has 1 N–H and O–H groups in total. The molecule has 1 unspecified atom stereocenters. The van der Waals surface area contributed by atoms with E-state index in [1.54, 1.807) is 18.2 Å². The number of anilines is 1. The second kappa shape index (κ2) is 4.61. The van der Waals surface area contributed by atoms with Gasteiger partial charge in [0.1, 0.15) is 11.6 Å². The highest BCUT2D eigenvalue weighted by atomic mass is 19.1. The Hall–Kier alpha value is -2.41. The minimum Gasteiger partial charge on any atom is -0.364 e. The Kier molecular flexibility index (Phi) is 2.90. The summed E-state index contributed by atoms with van der Waals surface area (Å²) in [6.07, 6.45) is 1.17. The van der Waals surface area contributed by atoms with E-state index in [9.17, 15) is 14.0 Å². The predicted octanol–water partition coefficient (Wildman–Crippen LogP) is 3.74. The van der Waals surface area contributed by atoms with Gasteiger partial charge in [-0.1, -0.05) is 12.1 Å². The Bertz CT molecular complexity index is 706. The Morgan fingerprint density at radius 2 is 1.90 bits per heavy atom. The lowest BCUT2D eigenvalue weighted by atomic mass is 9.93. The number of fused-ring (bicyclic) bond motifs is 1. The molecule has 2 aromatic carbocycles. The van der Waals surface area contributed by atoms with Crippen molar-refractivity contribution in [2.75, 3.05) is 5.32 Å². The van der Waals surface area contributed by atoms with Crippen LogP contribution >= 0.6 is 0 Å². The molecular formula is C16H12F2N2. The van der Waals surface area contributed by atoms with Crippen LogP contribution in [0.3, 0.4) is 0 Å². The molecule has 1 aliphatic rings. The lowest BCUT2D eigenvalue weighted by Crippen LogP contribution is -2.31. The van der Waals surface area contributed by atoms with Gasteiger partial charge in [-0.15, -0.1) is 0 Å². The zero-order valence-corrected chi connectivity index (χ0v) is 10.7. The Balaban J connectivity index is 2.01. The third-order valence-corrected chi connectivity index (χ3v) is 3.67. The Morgan fingerprint density at radius 3 is 2.65 bits per heavy atom. The molecule has 0 saturated heterocycles. The van der Waals surface area contributed by atoms with Crippen LogP contribution in [0.15, 0.2) is 42.5 Å². The maximum Gasteiger partial charge on any atom is 0.151 e. The smallest absolute Gasteiger partial charge is 0.151 e. The maximum atomic E-state index is 13.2. The summed E-state index contributed by atoms with van der Waals surface area (Å²) in [5.74, 6) is -0.663. The van der Waals surface area contributed by atoms with Crippen LogP contribution in [-0.4, -0.2) is 0 Å². The van der Waals surface area contributed by atoms with Crippen LogP contribution in [0.2, 0.25) is 0 Å². The number of nitriles is 1. The van der Waals surface area contributed by atoms with Gasteiger partial charge < -0.3 is 5.32 Å². The van der Waals surface area contributed by atoms with Crippen LogP contribution in [0.5, 0.6) is 0 Å². The van der Waals surface area contributed by atoms with E-state index in [0.29, 0.717) is 18.5 Å². The normalized spacial score (nSPS) is 20.2. The monoisotopic (exact) mass is 270 g/mol. The van der Waals surface area contributed by atoms with Crippen LogP contribution in [0.1, 0.15) is 17.5 Å². The molecule has 0 saturated carbocycles. The molecular weight excluding hydrogens is 258 g/mol. The molecule has 100 valence electrons. The summed E-state index contributed by atoms with van der Waals surface area (Å²) >= 11 is 0. The number of rotatable bonds is 2. The minimum absolute atomic E-state index is 0.303. The highest BCUT2D eigenvalue weighted by Gasteiger charge is 2.39. The van der Waals surface area contributed by atoms with E-state index in [1.807, 2.05) is 0 Å². The van der Waals surface area contributed by atoms with Gasteiger partial charge in [-0.3, -0.25) is 0 Å². The summed E-state index contributed by atoms with van der Waals surface area (Å²) in [5.41, 5.74) is 1.22. The first-order valence-electron chi connectivity index (χ1n) is 6.37. The standard InChI is InChI=1S/C16H12F2N2/c17-12-2-1-3-14(9-12)20-16(10-19)7-6-11-8-13(18)4-5-15(11)16/h1-5,8-9,20H,6-7H2. The lowest BCUT2D eigenvalue weighted by Gasteiger charge is -2.25. The molecule has 20 heavy (non-hydrogen) atoms. The quantitative estimate of drug-likeness (QED) is 0.902. The summed E-state index contributed by atoms with van der Waals surface area (Å²) in [6, 6.07) is 12.7. The van der Waals surface area contributed by atoms with E-state index in [1.165, 1.54) is 24.3 Å². The van der Waals surface area contributed by atoms with Gasteiger partial charge in [0.25, 0.3) is 0 Å². The second-order valence-corrected chi connectivity index (χ2v) is 4.95. The molecule has 2 nitrogen and oxygen atoms in total. The van der Waals surface area contributed by atoms with E-state index in [0.717, 1.165) is 11.1 Å². The van der Waals surface area contributed by atoms with Crippen LogP contribution in [0, 0.1) is 23.0 Å². The first kappa shape index (κ1) is 12.6. The predicted molar refractivity (Wildman–Crippen MR) is 72.0 cm³/mol. The average molecular weight is 270 g/mol. The topological polar surface area (TPSA) is 35.8 Å². The van der Waals surface area contributed by atoms with E-state index in [2.05, 4.69) is 11.4 Å². The van der Waals surface area contributed by atoms with Gasteiger partial charge in [0, 0.05) is 5.69 Å². The third kappa shape index (κ3) is 2.01. The number of aryl methyl sites for hydroxylation is 1. The van der Waals surface area contributed by atoms with Crippen molar-refractivity contribution in [1.29, 1.82) is 5.26 Å². The number of benzene rings is 2. The van der Waals surface area contributed by atoms with Gasteiger partial charge in [-0.2, -0.15) is 5.26 Å². The molecule has 0 aromatic heterocycles. The van der Waals surface area contributed by atoms with Gasteiger partial charge >= 0.3 is 0 Å². The second-order valence-electron chi connectivity index (χ2n) is 4.95. The average Bonchev–Trinajstić information content (AvgIpc) is 2.77. The van der Waals surface area contributed by atoms with E-state index in [-0.39, 0.29) is 11.6 Å². The number of nitrogens with zero attached hydrogens (tertiary/aromatic N) is 1. The van der Waals surface area contributed by atoms with Crippen molar-refractivity contribution >= 4 is 5.69 Å². The van der Waals surface area contributed by atoms with Gasteiger partial charge in [0.2, 0.25) is 0 Å². The van der Waals surface area contributed by atoms with Crippen molar-refractivity contribution < 1.29 is 8.78 Å². The summed E-state index contributed by atoms with van der Waals surface area (Å²) < 4.78 is 26.5. The summed E-state index contributed by atoms with van der Waals surface area (Å²) in [4.78, 5) is 0. The van der Waals surface area contributed by atoms with Crippen LogP contribution in [0.25, 0.3) is 0 Å². The molecule has 0 radical (unpaired) electrons. The van der Waals surface area contributed by atoms with Crippen molar-refractivity contribution in [1.82, 2.24) is 0 Å². The molecule has 0 aliphatic heterocycles. The number of hydrogen-bond donors (Lipinski definition) is 1. The van der Waals surface area contributed by atoms with Crippen molar-refractivity contribution in [3.8, 4) is 6.07 Å². The number of hydrogen-bond acceptors (Lipinski definition) is 2. The Labute approximate surface area is 115 Å². The highest BCUT2D eigenvalue weighted by Crippen LogP contribution is 2.39. The van der Waals surface area contributed by atoms with E-state index in [4.69, 9.17) is 0 Å². The fourth-order valence-electron chi connectivity index (χ4n) is 2.73. The van der Waals surface area contributed by atoms with Gasteiger partial charge in [-0.05, 0) is 54.3 Å². The number of nitrogens with one attached hydrogen (secondary N) is 1. The molecule has 1 atom stereocenters. The van der Waals surface area contributed by atoms with Gasteiger partial charge in [-0.25, -0.2) is 8.78 Å². The van der Waals surface area contributed by atoms with E-state index < -0.39 is 5.54 Å². The zero-order chi connectivity index (χ0) is 14.2. The van der Waals surface area contributed by atoms with Crippen molar-refractivity contribution in [2.45, 2.75) is 18.4 Å². The fourth-order valence-corrected chi connectivity index (χ4v) is 2.73. The van der Waals surface area contributed by atoms with E-state index >= 15 is 0 Å². The van der Waals surface area contributed by atoms with Crippen molar-refractivity contribution in [3.63, 3.8) is 0 Å². The molecule has 0 spiro atoms. The van der Waals surface area contributed by atoms with Gasteiger partial charge in [0.15, 0.2) is 5.54 Å². The highest BCUT2D eigenvalue weighted by molar-refractivity contribution is 5.55. The molecule has 0 bridgehead atoms.